The Bertz CT molecular complexity index is 930. The van der Waals surface area contributed by atoms with Crippen LogP contribution in [-0.2, 0) is 12.8 Å². The minimum atomic E-state index is 0.0377. The third-order valence-corrected chi connectivity index (χ3v) is 5.13. The van der Waals surface area contributed by atoms with Crippen LogP contribution < -0.4 is 4.74 Å². The zero-order chi connectivity index (χ0) is 18.7. The summed E-state index contributed by atoms with van der Waals surface area (Å²) in [6.45, 7) is 5.98. The molecule has 2 aromatic heterocycles. The quantitative estimate of drug-likeness (QED) is 0.456. The number of ether oxygens (including phenoxy) is 1. The van der Waals surface area contributed by atoms with Crippen LogP contribution in [0.4, 0.5) is 0 Å². The van der Waals surface area contributed by atoms with Crippen molar-refractivity contribution in [2.24, 2.45) is 7.05 Å². The van der Waals surface area contributed by atoms with Gasteiger partial charge in [0.15, 0.2) is 16.8 Å². The minimum Gasteiger partial charge on any atom is -0.494 e. The number of hydrogen-bond donors (Lipinski definition) is 0. The van der Waals surface area contributed by atoms with Crippen molar-refractivity contribution in [3.63, 3.8) is 0 Å². The van der Waals surface area contributed by atoms with Gasteiger partial charge in [-0.05, 0) is 45.0 Å². The van der Waals surface area contributed by atoms with Gasteiger partial charge in [0.1, 0.15) is 11.5 Å². The van der Waals surface area contributed by atoms with Crippen LogP contribution in [0.5, 0.6) is 5.75 Å². The molecule has 0 saturated carbocycles. The number of carbonyl (C=O) groups excluding carboxylic acids is 1. The fourth-order valence-corrected chi connectivity index (χ4v) is 3.53. The summed E-state index contributed by atoms with van der Waals surface area (Å²) in [7, 11) is 1.93. The highest BCUT2D eigenvalue weighted by atomic mass is 32.2. The summed E-state index contributed by atoms with van der Waals surface area (Å²) in [5.74, 6) is 3.03. The highest BCUT2D eigenvalue weighted by Gasteiger charge is 2.16. The molecule has 26 heavy (non-hydrogen) atoms. The number of thioether (sulfide) groups is 1. The van der Waals surface area contributed by atoms with E-state index in [1.54, 1.807) is 31.0 Å². The summed E-state index contributed by atoms with van der Waals surface area (Å²) >= 11 is 1.55. The van der Waals surface area contributed by atoms with E-state index < -0.39 is 0 Å². The van der Waals surface area contributed by atoms with Gasteiger partial charge >= 0.3 is 0 Å². The van der Waals surface area contributed by atoms with E-state index in [1.165, 1.54) is 0 Å². The first-order chi connectivity index (χ1) is 12.5. The summed E-state index contributed by atoms with van der Waals surface area (Å²) in [4.78, 5) is 11.7. The van der Waals surface area contributed by atoms with E-state index in [0.29, 0.717) is 17.9 Å². The van der Waals surface area contributed by atoms with Crippen molar-refractivity contribution in [1.29, 1.82) is 0 Å². The van der Waals surface area contributed by atoms with Crippen molar-refractivity contribution >= 4 is 17.5 Å². The number of furan rings is 1. The number of aryl methyl sites for hydroxylation is 1. The first-order valence-electron chi connectivity index (χ1n) is 8.34. The maximum absolute atomic E-state index is 11.7. The number of benzene rings is 1. The third-order valence-electron chi connectivity index (χ3n) is 4.06. The molecule has 7 heteroatoms. The first-order valence-corrected chi connectivity index (χ1v) is 9.33. The Balaban J connectivity index is 1.83. The Kier molecular flexibility index (Phi) is 5.46. The second kappa shape index (κ2) is 7.78. The largest absolute Gasteiger partial charge is 0.494 e. The fourth-order valence-electron chi connectivity index (χ4n) is 2.64. The van der Waals surface area contributed by atoms with Crippen molar-refractivity contribution in [1.82, 2.24) is 14.8 Å². The van der Waals surface area contributed by atoms with E-state index in [9.17, 15) is 4.79 Å². The molecule has 0 aliphatic carbocycles. The van der Waals surface area contributed by atoms with Crippen molar-refractivity contribution in [2.75, 3.05) is 6.61 Å². The SMILES string of the molecule is CCOc1ccc(C(C)=O)cc1CSc1nnc(-c2ccoc2C)n1C. The van der Waals surface area contributed by atoms with Gasteiger partial charge in [-0.2, -0.15) is 0 Å². The van der Waals surface area contributed by atoms with Crippen molar-refractivity contribution in [3.8, 4) is 17.1 Å². The highest BCUT2D eigenvalue weighted by molar-refractivity contribution is 7.98. The van der Waals surface area contributed by atoms with Crippen LogP contribution in [0.3, 0.4) is 0 Å². The molecule has 0 spiro atoms. The Morgan fingerprint density at radius 1 is 1.31 bits per heavy atom. The van der Waals surface area contributed by atoms with Crippen LogP contribution in [0.15, 0.2) is 40.1 Å². The van der Waals surface area contributed by atoms with Crippen LogP contribution in [0.2, 0.25) is 0 Å². The van der Waals surface area contributed by atoms with Gasteiger partial charge < -0.3 is 13.7 Å². The van der Waals surface area contributed by atoms with Crippen LogP contribution in [-0.4, -0.2) is 27.2 Å². The topological polar surface area (TPSA) is 70.2 Å². The average molecular weight is 371 g/mol. The second-order valence-corrected chi connectivity index (χ2v) is 6.80. The van der Waals surface area contributed by atoms with E-state index in [0.717, 1.165) is 33.6 Å². The molecule has 0 amide bonds. The Hall–Kier alpha value is -2.54. The summed E-state index contributed by atoms with van der Waals surface area (Å²) in [5.41, 5.74) is 2.57. The maximum atomic E-state index is 11.7. The van der Waals surface area contributed by atoms with Crippen LogP contribution in [0.1, 0.15) is 35.5 Å². The van der Waals surface area contributed by atoms with Crippen molar-refractivity contribution in [3.05, 3.63) is 47.4 Å². The summed E-state index contributed by atoms with van der Waals surface area (Å²) < 4.78 is 13.0. The van der Waals surface area contributed by atoms with Crippen molar-refractivity contribution < 1.29 is 13.9 Å². The van der Waals surface area contributed by atoms with E-state index in [1.807, 2.05) is 43.7 Å². The van der Waals surface area contributed by atoms with Gasteiger partial charge in [-0.25, -0.2) is 0 Å². The number of Topliss-reactive ketones (excluding diaryl/α,β-unsaturated/α-hetero) is 1. The molecular weight excluding hydrogens is 350 g/mol. The van der Waals surface area contributed by atoms with E-state index in [-0.39, 0.29) is 5.78 Å². The van der Waals surface area contributed by atoms with Gasteiger partial charge in [0.05, 0.1) is 18.4 Å². The molecule has 1 aromatic carbocycles. The van der Waals surface area contributed by atoms with Gasteiger partial charge in [-0.15, -0.1) is 10.2 Å². The summed E-state index contributed by atoms with van der Waals surface area (Å²) in [6.07, 6.45) is 1.65. The lowest BCUT2D eigenvalue weighted by molar-refractivity contribution is 0.101. The van der Waals surface area contributed by atoms with Gasteiger partial charge in [0, 0.05) is 23.9 Å². The van der Waals surface area contributed by atoms with Crippen LogP contribution in [0.25, 0.3) is 11.4 Å². The fraction of sp³-hybridized carbons (Fsp3) is 0.316. The number of carbonyl (C=O) groups is 1. The highest BCUT2D eigenvalue weighted by Crippen LogP contribution is 2.30. The molecule has 0 radical (unpaired) electrons. The van der Waals surface area contributed by atoms with Gasteiger partial charge in [-0.1, -0.05) is 11.8 Å². The lowest BCUT2D eigenvalue weighted by atomic mass is 10.1. The number of rotatable bonds is 7. The molecule has 3 rings (SSSR count). The molecule has 0 aliphatic heterocycles. The molecule has 2 heterocycles. The predicted molar refractivity (Wildman–Crippen MR) is 101 cm³/mol. The van der Waals surface area contributed by atoms with Crippen LogP contribution in [0, 0.1) is 6.92 Å². The molecular formula is C19H21N3O3S. The molecule has 3 aromatic rings. The Morgan fingerprint density at radius 3 is 2.77 bits per heavy atom. The van der Waals surface area contributed by atoms with Gasteiger partial charge in [-0.3, -0.25) is 4.79 Å². The lowest BCUT2D eigenvalue weighted by Crippen LogP contribution is -2.00. The standard InChI is InChI=1S/C19H21N3O3S/c1-5-24-17-7-6-14(12(2)23)10-15(17)11-26-19-21-20-18(22(19)4)16-8-9-25-13(16)3/h6-10H,5,11H2,1-4H3. The Morgan fingerprint density at radius 2 is 2.12 bits per heavy atom. The maximum Gasteiger partial charge on any atom is 0.191 e. The number of hydrogen-bond acceptors (Lipinski definition) is 6. The normalized spacial score (nSPS) is 10.9. The van der Waals surface area contributed by atoms with Crippen LogP contribution >= 0.6 is 11.8 Å². The molecule has 0 atom stereocenters. The molecule has 0 saturated heterocycles. The molecule has 0 unspecified atom stereocenters. The monoisotopic (exact) mass is 371 g/mol. The summed E-state index contributed by atoms with van der Waals surface area (Å²) in [6, 6.07) is 7.42. The smallest absolute Gasteiger partial charge is 0.191 e. The zero-order valence-corrected chi connectivity index (χ0v) is 16.1. The van der Waals surface area contributed by atoms with E-state index in [2.05, 4.69) is 10.2 Å². The number of ketones is 1. The second-order valence-electron chi connectivity index (χ2n) is 5.86. The average Bonchev–Trinajstić information content (AvgIpc) is 3.19. The Labute approximate surface area is 156 Å². The van der Waals surface area contributed by atoms with E-state index in [4.69, 9.17) is 9.15 Å². The van der Waals surface area contributed by atoms with Crippen molar-refractivity contribution in [2.45, 2.75) is 31.7 Å². The predicted octanol–water partition coefficient (Wildman–Crippen LogP) is 4.28. The summed E-state index contributed by atoms with van der Waals surface area (Å²) in [5, 5.41) is 9.36. The first kappa shape index (κ1) is 18.3. The van der Waals surface area contributed by atoms with Gasteiger partial charge in [0.2, 0.25) is 0 Å². The van der Waals surface area contributed by atoms with E-state index >= 15 is 0 Å². The lowest BCUT2D eigenvalue weighted by Gasteiger charge is -2.11. The molecule has 0 aliphatic rings. The molecule has 6 nitrogen and oxygen atoms in total. The third kappa shape index (κ3) is 3.67. The zero-order valence-electron chi connectivity index (χ0n) is 15.3. The molecule has 0 N–H and O–H groups in total. The number of nitrogens with zero attached hydrogens (tertiary/aromatic N) is 3. The molecule has 0 fully saturated rings. The molecule has 0 bridgehead atoms. The minimum absolute atomic E-state index is 0.0377. The number of aromatic nitrogens is 3. The molecule has 136 valence electrons. The van der Waals surface area contributed by atoms with Gasteiger partial charge in [0.25, 0.3) is 0 Å².